The summed E-state index contributed by atoms with van der Waals surface area (Å²) in [5.41, 5.74) is 1.38. The number of amides is 1. The molecule has 0 bridgehead atoms. The largest absolute Gasteiger partial charge is 0.476 e. The van der Waals surface area contributed by atoms with E-state index in [1.165, 1.54) is 11.3 Å². The molecule has 2 heterocycles. The number of aromatic nitrogens is 2. The third-order valence-corrected chi connectivity index (χ3v) is 3.58. The van der Waals surface area contributed by atoms with E-state index in [-0.39, 0.29) is 24.9 Å². The highest BCUT2D eigenvalue weighted by molar-refractivity contribution is 7.11. The minimum atomic E-state index is -4.42. The Morgan fingerprint density at radius 2 is 2.14 bits per heavy atom. The molecule has 0 aromatic carbocycles. The molecule has 9 heteroatoms. The number of thiazole rings is 1. The predicted octanol–water partition coefficient (Wildman–Crippen LogP) is 2.67. The first kappa shape index (κ1) is 16.2. The Kier molecular flexibility index (Phi) is 4.96. The van der Waals surface area contributed by atoms with Gasteiger partial charge < -0.3 is 10.1 Å². The molecule has 2 aromatic heterocycles. The number of carbonyl (C=O) groups is 1. The van der Waals surface area contributed by atoms with Gasteiger partial charge in [0.15, 0.2) is 0 Å². The van der Waals surface area contributed by atoms with Gasteiger partial charge in [0.1, 0.15) is 11.5 Å². The smallest absolute Gasteiger partial charge is 0.417 e. The lowest BCUT2D eigenvalue weighted by atomic mass is 10.3. The lowest BCUT2D eigenvalue weighted by Crippen LogP contribution is -2.28. The quantitative estimate of drug-likeness (QED) is 0.856. The fourth-order valence-electron chi connectivity index (χ4n) is 1.55. The first-order valence-corrected chi connectivity index (χ1v) is 7.10. The van der Waals surface area contributed by atoms with Crippen molar-refractivity contribution in [1.29, 1.82) is 0 Å². The first-order valence-electron chi connectivity index (χ1n) is 6.22. The van der Waals surface area contributed by atoms with E-state index in [0.29, 0.717) is 16.8 Å². The van der Waals surface area contributed by atoms with Crippen LogP contribution in [0.1, 0.15) is 20.9 Å². The molecule has 5 nitrogen and oxygen atoms in total. The summed E-state index contributed by atoms with van der Waals surface area (Å²) in [6.45, 7) is 2.04. The number of nitrogens with one attached hydrogen (secondary N) is 1. The van der Waals surface area contributed by atoms with Crippen molar-refractivity contribution in [3.63, 3.8) is 0 Å². The fraction of sp³-hybridized carbons (Fsp3) is 0.308. The topological polar surface area (TPSA) is 64.1 Å². The molecular formula is C13H12F3N3O2S. The zero-order valence-corrected chi connectivity index (χ0v) is 12.3. The Hall–Kier alpha value is -2.16. The number of nitrogens with zero attached hydrogens (tertiary/aromatic N) is 2. The second kappa shape index (κ2) is 6.73. The number of hydrogen-bond acceptors (Lipinski definition) is 5. The van der Waals surface area contributed by atoms with Crippen molar-refractivity contribution in [2.24, 2.45) is 0 Å². The zero-order chi connectivity index (χ0) is 16.2. The number of alkyl halides is 3. The summed E-state index contributed by atoms with van der Waals surface area (Å²) in [6.07, 6.45) is -3.72. The molecule has 22 heavy (non-hydrogen) atoms. The third kappa shape index (κ3) is 4.17. The maximum absolute atomic E-state index is 12.3. The van der Waals surface area contributed by atoms with Crippen molar-refractivity contribution >= 4 is 17.2 Å². The number of rotatable bonds is 5. The molecule has 118 valence electrons. The summed E-state index contributed by atoms with van der Waals surface area (Å²) >= 11 is 1.23. The van der Waals surface area contributed by atoms with Gasteiger partial charge in [-0.2, -0.15) is 13.2 Å². The average Bonchev–Trinajstić information content (AvgIpc) is 2.89. The van der Waals surface area contributed by atoms with Crippen LogP contribution in [0.25, 0.3) is 0 Å². The standard InChI is InChI=1S/C13H12F3N3O2S/c1-8-11(22-7-19-8)12(20)17-4-5-21-10-3-2-9(6-18-10)13(14,15)16/h2-3,6-7H,4-5H2,1H3,(H,17,20). The summed E-state index contributed by atoms with van der Waals surface area (Å²) < 4.78 is 42.2. The summed E-state index contributed by atoms with van der Waals surface area (Å²) in [4.78, 5) is 19.8. The van der Waals surface area contributed by atoms with Gasteiger partial charge in [0.05, 0.1) is 23.3 Å². The zero-order valence-electron chi connectivity index (χ0n) is 11.5. The number of carbonyl (C=O) groups excluding carboxylic acids is 1. The molecule has 2 rings (SSSR count). The number of ether oxygens (including phenoxy) is 1. The SMILES string of the molecule is Cc1ncsc1C(=O)NCCOc1ccc(C(F)(F)F)cn1. The van der Waals surface area contributed by atoms with E-state index >= 15 is 0 Å². The molecule has 0 aliphatic rings. The van der Waals surface area contributed by atoms with Crippen LogP contribution in [-0.4, -0.2) is 29.0 Å². The van der Waals surface area contributed by atoms with Crippen molar-refractivity contribution in [2.75, 3.05) is 13.2 Å². The minimum Gasteiger partial charge on any atom is -0.476 e. The molecule has 0 fully saturated rings. The second-order valence-corrected chi connectivity index (χ2v) is 5.11. The van der Waals surface area contributed by atoms with Crippen molar-refractivity contribution in [3.8, 4) is 5.88 Å². The maximum atomic E-state index is 12.3. The summed E-state index contributed by atoms with van der Waals surface area (Å²) in [5, 5.41) is 2.63. The molecule has 0 aliphatic carbocycles. The van der Waals surface area contributed by atoms with Crippen molar-refractivity contribution in [2.45, 2.75) is 13.1 Å². The van der Waals surface area contributed by atoms with E-state index in [9.17, 15) is 18.0 Å². The van der Waals surface area contributed by atoms with Crippen LogP contribution in [-0.2, 0) is 6.18 Å². The minimum absolute atomic E-state index is 0.0659. The molecule has 0 saturated carbocycles. The number of aryl methyl sites for hydroxylation is 1. The Balaban J connectivity index is 1.77. The number of pyridine rings is 1. The molecule has 0 aliphatic heterocycles. The van der Waals surface area contributed by atoms with Crippen LogP contribution < -0.4 is 10.1 Å². The molecule has 0 radical (unpaired) electrons. The van der Waals surface area contributed by atoms with Gasteiger partial charge in [0, 0.05) is 12.3 Å². The fourth-order valence-corrected chi connectivity index (χ4v) is 2.27. The van der Waals surface area contributed by atoms with Gasteiger partial charge in [0.2, 0.25) is 5.88 Å². The van der Waals surface area contributed by atoms with Crippen LogP contribution in [0.5, 0.6) is 5.88 Å². The molecule has 0 spiro atoms. The molecular weight excluding hydrogens is 319 g/mol. The van der Waals surface area contributed by atoms with Crippen LogP contribution in [0.15, 0.2) is 23.8 Å². The number of hydrogen-bond donors (Lipinski definition) is 1. The molecule has 2 aromatic rings. The molecule has 1 amide bonds. The number of halogens is 3. The van der Waals surface area contributed by atoms with Crippen LogP contribution >= 0.6 is 11.3 Å². The van der Waals surface area contributed by atoms with E-state index in [0.717, 1.165) is 12.1 Å². The summed E-state index contributed by atoms with van der Waals surface area (Å²) in [5.74, 6) is -0.194. The molecule has 1 N–H and O–H groups in total. The Morgan fingerprint density at radius 1 is 1.36 bits per heavy atom. The van der Waals surface area contributed by atoms with Gasteiger partial charge in [-0.25, -0.2) is 9.97 Å². The predicted molar refractivity (Wildman–Crippen MR) is 73.9 cm³/mol. The lowest BCUT2D eigenvalue weighted by Gasteiger charge is -2.08. The van der Waals surface area contributed by atoms with Crippen LogP contribution in [0.2, 0.25) is 0 Å². The first-order chi connectivity index (χ1) is 10.4. The summed E-state index contributed by atoms with van der Waals surface area (Å²) in [6, 6.07) is 2.03. The van der Waals surface area contributed by atoms with Crippen LogP contribution in [0, 0.1) is 6.92 Å². The van der Waals surface area contributed by atoms with E-state index in [1.54, 1.807) is 12.4 Å². The van der Waals surface area contributed by atoms with Crippen molar-refractivity contribution < 1.29 is 22.7 Å². The normalized spacial score (nSPS) is 11.3. The lowest BCUT2D eigenvalue weighted by molar-refractivity contribution is -0.137. The highest BCUT2D eigenvalue weighted by atomic mass is 32.1. The second-order valence-electron chi connectivity index (χ2n) is 4.25. The van der Waals surface area contributed by atoms with E-state index < -0.39 is 11.7 Å². The summed E-state index contributed by atoms with van der Waals surface area (Å²) in [7, 11) is 0. The molecule has 0 atom stereocenters. The highest BCUT2D eigenvalue weighted by Crippen LogP contribution is 2.29. The molecule has 0 unspecified atom stereocenters. The van der Waals surface area contributed by atoms with E-state index in [1.807, 2.05) is 0 Å². The van der Waals surface area contributed by atoms with Crippen molar-refractivity contribution in [1.82, 2.24) is 15.3 Å². The van der Waals surface area contributed by atoms with Gasteiger partial charge in [-0.15, -0.1) is 11.3 Å². The highest BCUT2D eigenvalue weighted by Gasteiger charge is 2.30. The van der Waals surface area contributed by atoms with Gasteiger partial charge in [-0.1, -0.05) is 0 Å². The Labute approximate surface area is 128 Å². The van der Waals surface area contributed by atoms with Crippen LogP contribution in [0.3, 0.4) is 0 Å². The van der Waals surface area contributed by atoms with Gasteiger partial charge in [0.25, 0.3) is 5.91 Å². The van der Waals surface area contributed by atoms with Gasteiger partial charge in [-0.05, 0) is 13.0 Å². The van der Waals surface area contributed by atoms with Gasteiger partial charge >= 0.3 is 6.18 Å². The van der Waals surface area contributed by atoms with Crippen molar-refractivity contribution in [3.05, 3.63) is 40.0 Å². The average molecular weight is 331 g/mol. The van der Waals surface area contributed by atoms with Crippen LogP contribution in [0.4, 0.5) is 13.2 Å². The van der Waals surface area contributed by atoms with Gasteiger partial charge in [-0.3, -0.25) is 4.79 Å². The monoisotopic (exact) mass is 331 g/mol. The third-order valence-electron chi connectivity index (χ3n) is 2.65. The Bertz CT molecular complexity index is 641. The maximum Gasteiger partial charge on any atom is 0.417 e. The Morgan fingerprint density at radius 3 is 2.68 bits per heavy atom. The molecule has 0 saturated heterocycles. The van der Waals surface area contributed by atoms with E-state index in [4.69, 9.17) is 4.74 Å². The van der Waals surface area contributed by atoms with E-state index in [2.05, 4.69) is 15.3 Å².